The van der Waals surface area contributed by atoms with Crippen molar-refractivity contribution in [2.75, 3.05) is 0 Å². The summed E-state index contributed by atoms with van der Waals surface area (Å²) in [5.41, 5.74) is -0.00871. The molecule has 0 aromatic heterocycles. The van der Waals surface area contributed by atoms with Gasteiger partial charge in [0.1, 0.15) is 5.78 Å². The van der Waals surface area contributed by atoms with Gasteiger partial charge in [-0.1, -0.05) is 37.9 Å². The Labute approximate surface area is 140 Å². The van der Waals surface area contributed by atoms with Crippen LogP contribution in [0.15, 0.2) is 24.3 Å². The SMILES string of the molecule is CC.CC(=O)C1SNC(c2cccc(C(F)(F)F)c2)C1C1CC1.[HH]. The number of halogens is 3. The summed E-state index contributed by atoms with van der Waals surface area (Å²) in [4.78, 5) is 11.8. The van der Waals surface area contributed by atoms with Crippen molar-refractivity contribution < 1.29 is 19.4 Å². The smallest absolute Gasteiger partial charge is 0.299 e. The van der Waals surface area contributed by atoms with Crippen LogP contribution in [0.1, 0.15) is 52.2 Å². The Bertz CT molecular complexity index is 563. The van der Waals surface area contributed by atoms with Crippen LogP contribution in [0.4, 0.5) is 13.2 Å². The fourth-order valence-corrected chi connectivity index (χ4v) is 4.32. The number of nitrogens with one attached hydrogen (secondary N) is 1. The molecule has 2 aliphatic rings. The molecule has 2 nitrogen and oxygen atoms in total. The summed E-state index contributed by atoms with van der Waals surface area (Å²) in [5, 5.41) is -0.156. The lowest BCUT2D eigenvalue weighted by atomic mass is 9.85. The first-order chi connectivity index (χ1) is 10.9. The average Bonchev–Trinajstić information content (AvgIpc) is 3.26. The van der Waals surface area contributed by atoms with E-state index in [1.54, 1.807) is 13.0 Å². The van der Waals surface area contributed by atoms with Crippen LogP contribution >= 0.6 is 11.9 Å². The van der Waals surface area contributed by atoms with Crippen molar-refractivity contribution in [2.45, 2.75) is 51.1 Å². The molecule has 1 saturated carbocycles. The molecular weight excluding hydrogens is 323 g/mol. The first-order valence-electron chi connectivity index (χ1n) is 7.96. The Balaban J connectivity index is 0.000000925. The summed E-state index contributed by atoms with van der Waals surface area (Å²) in [5.74, 6) is 0.635. The quantitative estimate of drug-likeness (QED) is 0.757. The molecule has 3 rings (SSSR count). The fourth-order valence-electron chi connectivity index (χ4n) is 3.03. The Kier molecular flexibility index (Phi) is 5.79. The zero-order valence-electron chi connectivity index (χ0n) is 13.5. The number of hydrogen-bond acceptors (Lipinski definition) is 3. The lowest BCUT2D eigenvalue weighted by Gasteiger charge is -2.22. The number of rotatable bonds is 3. The zero-order valence-corrected chi connectivity index (χ0v) is 14.3. The van der Waals surface area contributed by atoms with Crippen LogP contribution in [-0.4, -0.2) is 11.0 Å². The van der Waals surface area contributed by atoms with E-state index in [9.17, 15) is 18.0 Å². The molecule has 0 bridgehead atoms. The molecule has 1 aliphatic carbocycles. The molecule has 1 aromatic rings. The highest BCUT2D eigenvalue weighted by Gasteiger charge is 2.48. The molecule has 2 fully saturated rings. The average molecular weight is 347 g/mol. The molecule has 3 unspecified atom stereocenters. The van der Waals surface area contributed by atoms with Crippen molar-refractivity contribution in [3.63, 3.8) is 0 Å². The van der Waals surface area contributed by atoms with Crippen LogP contribution in [0.5, 0.6) is 0 Å². The third-order valence-corrected chi connectivity index (χ3v) is 5.49. The lowest BCUT2D eigenvalue weighted by Crippen LogP contribution is -2.26. The van der Waals surface area contributed by atoms with Gasteiger partial charge in [-0.2, -0.15) is 13.2 Å². The van der Waals surface area contributed by atoms with Crippen molar-refractivity contribution >= 4 is 17.7 Å². The van der Waals surface area contributed by atoms with Crippen molar-refractivity contribution in [3.05, 3.63) is 35.4 Å². The second-order valence-electron chi connectivity index (χ2n) is 5.78. The van der Waals surface area contributed by atoms with Crippen molar-refractivity contribution in [1.82, 2.24) is 4.72 Å². The van der Waals surface area contributed by atoms with Crippen LogP contribution in [0.3, 0.4) is 0 Å². The predicted molar refractivity (Wildman–Crippen MR) is 89.1 cm³/mol. The monoisotopic (exact) mass is 347 g/mol. The van der Waals surface area contributed by atoms with Gasteiger partial charge in [0.2, 0.25) is 0 Å². The molecule has 0 amide bonds. The molecule has 0 radical (unpaired) electrons. The molecule has 0 spiro atoms. The van der Waals surface area contributed by atoms with Crippen LogP contribution < -0.4 is 4.72 Å². The summed E-state index contributed by atoms with van der Waals surface area (Å²) in [6, 6.07) is 5.26. The van der Waals surface area contributed by atoms with Gasteiger partial charge in [0.25, 0.3) is 0 Å². The summed E-state index contributed by atoms with van der Waals surface area (Å²) in [6.07, 6.45) is -2.21. The molecule has 130 valence electrons. The van der Waals surface area contributed by atoms with Gasteiger partial charge in [0.15, 0.2) is 0 Å². The van der Waals surface area contributed by atoms with E-state index in [-0.39, 0.29) is 24.4 Å². The predicted octanol–water partition coefficient (Wildman–Crippen LogP) is 5.25. The van der Waals surface area contributed by atoms with Gasteiger partial charge in [-0.05, 0) is 43.4 Å². The van der Waals surface area contributed by atoms with Gasteiger partial charge in [0.05, 0.1) is 10.8 Å². The molecule has 1 heterocycles. The minimum Gasteiger partial charge on any atom is -0.299 e. The number of hydrogen-bond donors (Lipinski definition) is 1. The van der Waals surface area contributed by atoms with E-state index in [1.165, 1.54) is 24.1 Å². The van der Waals surface area contributed by atoms with Crippen molar-refractivity contribution in [2.24, 2.45) is 11.8 Å². The van der Waals surface area contributed by atoms with E-state index in [1.807, 2.05) is 13.8 Å². The van der Waals surface area contributed by atoms with Gasteiger partial charge >= 0.3 is 6.18 Å². The number of benzene rings is 1. The Hall–Kier alpha value is -1.01. The fraction of sp³-hybridized carbons (Fsp3) is 0.588. The second-order valence-corrected chi connectivity index (χ2v) is 6.76. The van der Waals surface area contributed by atoms with E-state index in [0.717, 1.165) is 18.9 Å². The highest BCUT2D eigenvalue weighted by atomic mass is 32.2. The van der Waals surface area contributed by atoms with E-state index in [2.05, 4.69) is 4.72 Å². The third-order valence-electron chi connectivity index (χ3n) is 4.20. The van der Waals surface area contributed by atoms with E-state index in [0.29, 0.717) is 11.5 Å². The Morgan fingerprint density at radius 2 is 1.96 bits per heavy atom. The molecule has 3 atom stereocenters. The maximum absolute atomic E-state index is 12.8. The largest absolute Gasteiger partial charge is 0.416 e. The summed E-state index contributed by atoms with van der Waals surface area (Å²) < 4.78 is 41.7. The van der Waals surface area contributed by atoms with E-state index >= 15 is 0 Å². The number of ketones is 1. The molecule has 1 aliphatic heterocycles. The molecule has 1 saturated heterocycles. The van der Waals surface area contributed by atoms with Crippen LogP contribution in [0, 0.1) is 11.8 Å². The molecule has 6 heteroatoms. The first-order valence-corrected chi connectivity index (χ1v) is 8.84. The van der Waals surface area contributed by atoms with Gasteiger partial charge < -0.3 is 0 Å². The number of carbonyl (C=O) groups is 1. The summed E-state index contributed by atoms with van der Waals surface area (Å²) in [6.45, 7) is 5.56. The summed E-state index contributed by atoms with van der Waals surface area (Å²) >= 11 is 1.36. The topological polar surface area (TPSA) is 29.1 Å². The number of Topliss-reactive ketones (excluding diaryl/α,β-unsaturated/α-hetero) is 1. The maximum atomic E-state index is 12.8. The molecule has 1 N–H and O–H groups in total. The normalized spacial score (nSPS) is 27.3. The minimum atomic E-state index is -4.34. The van der Waals surface area contributed by atoms with Gasteiger partial charge in [-0.15, -0.1) is 0 Å². The van der Waals surface area contributed by atoms with E-state index in [4.69, 9.17) is 0 Å². The van der Waals surface area contributed by atoms with Gasteiger partial charge in [-0.25, -0.2) is 0 Å². The van der Waals surface area contributed by atoms with Gasteiger partial charge in [0, 0.05) is 13.4 Å². The van der Waals surface area contributed by atoms with Crippen molar-refractivity contribution in [1.29, 1.82) is 0 Å². The van der Waals surface area contributed by atoms with Gasteiger partial charge in [-0.3, -0.25) is 9.52 Å². The molecule has 1 aromatic carbocycles. The standard InChI is InChI=1S/C15H16F3NOS.C2H6.H2/c1-8(20)14-12(9-5-6-9)13(19-21-14)10-3-2-4-11(7-10)15(16,17)18;1-2;/h2-4,7,9,12-14,19H,5-6H2,1H3;1-2H3;1H. The minimum absolute atomic E-state index is 0. The molecular formula is C17H24F3NOS. The second kappa shape index (κ2) is 7.26. The van der Waals surface area contributed by atoms with Crippen LogP contribution in [0.2, 0.25) is 0 Å². The van der Waals surface area contributed by atoms with Crippen LogP contribution in [-0.2, 0) is 11.0 Å². The number of carbonyl (C=O) groups excluding carboxylic acids is 1. The highest BCUT2D eigenvalue weighted by Crippen LogP contribution is 2.52. The first kappa shape index (κ1) is 18.3. The third kappa shape index (κ3) is 4.10. The van der Waals surface area contributed by atoms with Crippen LogP contribution in [0.25, 0.3) is 0 Å². The number of alkyl halides is 3. The summed E-state index contributed by atoms with van der Waals surface area (Å²) in [7, 11) is 0. The molecule has 23 heavy (non-hydrogen) atoms. The maximum Gasteiger partial charge on any atom is 0.416 e. The zero-order chi connectivity index (χ0) is 17.2. The Morgan fingerprint density at radius 3 is 2.48 bits per heavy atom. The lowest BCUT2D eigenvalue weighted by molar-refractivity contribution is -0.137. The highest BCUT2D eigenvalue weighted by molar-refractivity contribution is 7.99. The Morgan fingerprint density at radius 1 is 1.30 bits per heavy atom. The van der Waals surface area contributed by atoms with E-state index < -0.39 is 11.7 Å². The van der Waals surface area contributed by atoms with Crippen molar-refractivity contribution in [3.8, 4) is 0 Å².